The van der Waals surface area contributed by atoms with Gasteiger partial charge in [0.15, 0.2) is 0 Å². The number of esters is 1. The monoisotopic (exact) mass is 449 g/mol. The number of fused-ring (bicyclic) bond motifs is 1. The Kier molecular flexibility index (Phi) is 7.07. The summed E-state index contributed by atoms with van der Waals surface area (Å²) >= 11 is 0. The average Bonchev–Trinajstić information content (AvgIpc) is 3.15. The number of halogens is 3. The standard InChI is InChI=1S/C23H22F3NO5/c1-3-31-22(29)13-27(12-15-4-6-17(7-5-15)23(24,25)26)21(28)10-16-14-32-20-11-18(30-2)8-9-19(16)20/h4-9,11,14H,3,10,12-13H2,1-2H3. The second-order valence-corrected chi connectivity index (χ2v) is 7.05. The Morgan fingerprint density at radius 1 is 1.09 bits per heavy atom. The van der Waals surface area contributed by atoms with E-state index in [1.165, 1.54) is 30.4 Å². The lowest BCUT2D eigenvalue weighted by atomic mass is 10.1. The second-order valence-electron chi connectivity index (χ2n) is 7.05. The molecule has 0 bridgehead atoms. The fourth-order valence-corrected chi connectivity index (χ4v) is 3.22. The first-order chi connectivity index (χ1) is 15.2. The van der Waals surface area contributed by atoms with Gasteiger partial charge < -0.3 is 18.8 Å². The number of hydrogen-bond donors (Lipinski definition) is 0. The van der Waals surface area contributed by atoms with E-state index < -0.39 is 23.6 Å². The van der Waals surface area contributed by atoms with Crippen molar-refractivity contribution >= 4 is 22.8 Å². The topological polar surface area (TPSA) is 69.0 Å². The zero-order valence-corrected chi connectivity index (χ0v) is 17.6. The third-order valence-corrected chi connectivity index (χ3v) is 4.84. The molecule has 0 unspecified atom stereocenters. The second kappa shape index (κ2) is 9.76. The first kappa shape index (κ1) is 23.2. The molecular formula is C23H22F3NO5. The van der Waals surface area contributed by atoms with Crippen LogP contribution in [0.3, 0.4) is 0 Å². The van der Waals surface area contributed by atoms with Crippen LogP contribution in [-0.2, 0) is 33.5 Å². The van der Waals surface area contributed by atoms with Crippen molar-refractivity contribution in [3.05, 3.63) is 65.4 Å². The predicted octanol–water partition coefficient (Wildman–Crippen LogP) is 4.59. The predicted molar refractivity (Wildman–Crippen MR) is 110 cm³/mol. The number of furan rings is 1. The third-order valence-electron chi connectivity index (χ3n) is 4.84. The van der Waals surface area contributed by atoms with Crippen molar-refractivity contribution in [3.8, 4) is 5.75 Å². The van der Waals surface area contributed by atoms with Crippen LogP contribution in [0, 0.1) is 0 Å². The Morgan fingerprint density at radius 2 is 1.81 bits per heavy atom. The van der Waals surface area contributed by atoms with Gasteiger partial charge >= 0.3 is 12.1 Å². The van der Waals surface area contributed by atoms with Crippen LogP contribution in [0.25, 0.3) is 11.0 Å². The van der Waals surface area contributed by atoms with Gasteiger partial charge in [0.1, 0.15) is 17.9 Å². The summed E-state index contributed by atoms with van der Waals surface area (Å²) in [6, 6.07) is 9.67. The van der Waals surface area contributed by atoms with Crippen LogP contribution in [0.5, 0.6) is 5.75 Å². The molecule has 1 aromatic heterocycles. The quantitative estimate of drug-likeness (QED) is 0.471. The van der Waals surface area contributed by atoms with Gasteiger partial charge in [0.25, 0.3) is 0 Å². The van der Waals surface area contributed by atoms with Crippen LogP contribution >= 0.6 is 0 Å². The van der Waals surface area contributed by atoms with Crippen LogP contribution in [0.4, 0.5) is 13.2 Å². The molecule has 0 fully saturated rings. The van der Waals surface area contributed by atoms with Gasteiger partial charge in [-0.1, -0.05) is 12.1 Å². The van der Waals surface area contributed by atoms with Gasteiger partial charge in [0.2, 0.25) is 5.91 Å². The lowest BCUT2D eigenvalue weighted by Gasteiger charge is -2.22. The number of amides is 1. The Bertz CT molecular complexity index is 1090. The summed E-state index contributed by atoms with van der Waals surface area (Å²) in [5.74, 6) is -0.387. The lowest BCUT2D eigenvalue weighted by Crippen LogP contribution is -2.37. The molecule has 0 aliphatic carbocycles. The highest BCUT2D eigenvalue weighted by Crippen LogP contribution is 2.29. The minimum Gasteiger partial charge on any atom is -0.497 e. The molecule has 0 N–H and O–H groups in total. The summed E-state index contributed by atoms with van der Waals surface area (Å²) in [6.07, 6.45) is -3.05. The maximum atomic E-state index is 13.0. The zero-order chi connectivity index (χ0) is 23.3. The van der Waals surface area contributed by atoms with E-state index in [-0.39, 0.29) is 26.1 Å². The number of carbonyl (C=O) groups is 2. The van der Waals surface area contributed by atoms with Gasteiger partial charge in [-0.25, -0.2) is 0 Å². The molecular weight excluding hydrogens is 427 g/mol. The highest BCUT2D eigenvalue weighted by Gasteiger charge is 2.30. The van der Waals surface area contributed by atoms with Gasteiger partial charge in [-0.05, 0) is 36.8 Å². The number of methoxy groups -OCH3 is 1. The molecule has 0 saturated carbocycles. The molecule has 0 aliphatic rings. The molecule has 1 amide bonds. The lowest BCUT2D eigenvalue weighted by molar-refractivity contribution is -0.149. The van der Waals surface area contributed by atoms with E-state index >= 15 is 0 Å². The van der Waals surface area contributed by atoms with Gasteiger partial charge in [-0.3, -0.25) is 9.59 Å². The number of carbonyl (C=O) groups excluding carboxylic acids is 2. The van der Waals surface area contributed by atoms with Crippen molar-refractivity contribution in [3.63, 3.8) is 0 Å². The first-order valence-corrected chi connectivity index (χ1v) is 9.85. The number of benzene rings is 2. The normalized spacial score (nSPS) is 11.4. The molecule has 0 saturated heterocycles. The van der Waals surface area contributed by atoms with E-state index in [1.807, 2.05) is 0 Å². The molecule has 1 heterocycles. The highest BCUT2D eigenvalue weighted by molar-refractivity contribution is 5.89. The van der Waals surface area contributed by atoms with Gasteiger partial charge in [-0.2, -0.15) is 13.2 Å². The zero-order valence-electron chi connectivity index (χ0n) is 17.6. The largest absolute Gasteiger partial charge is 0.497 e. The van der Waals surface area contributed by atoms with E-state index in [0.29, 0.717) is 22.5 Å². The first-order valence-electron chi connectivity index (χ1n) is 9.85. The fraction of sp³-hybridized carbons (Fsp3) is 0.304. The molecule has 0 atom stereocenters. The van der Waals surface area contributed by atoms with Crippen molar-refractivity contribution in [2.75, 3.05) is 20.3 Å². The maximum absolute atomic E-state index is 13.0. The number of hydrogen-bond acceptors (Lipinski definition) is 5. The van der Waals surface area contributed by atoms with Crippen LogP contribution in [-0.4, -0.2) is 37.0 Å². The Balaban J connectivity index is 1.80. The van der Waals surface area contributed by atoms with E-state index in [9.17, 15) is 22.8 Å². The number of nitrogens with zero attached hydrogens (tertiary/aromatic N) is 1. The van der Waals surface area contributed by atoms with Gasteiger partial charge in [-0.15, -0.1) is 0 Å². The minimum absolute atomic E-state index is 0.0423. The summed E-state index contributed by atoms with van der Waals surface area (Å²) in [7, 11) is 1.53. The highest BCUT2D eigenvalue weighted by atomic mass is 19.4. The number of ether oxygens (including phenoxy) is 2. The molecule has 2 aromatic carbocycles. The molecule has 0 aliphatic heterocycles. The SMILES string of the molecule is CCOC(=O)CN(Cc1ccc(C(F)(F)F)cc1)C(=O)Cc1coc2cc(OC)ccc12. The Labute approximate surface area is 182 Å². The average molecular weight is 449 g/mol. The van der Waals surface area contributed by atoms with Crippen LogP contribution in [0.15, 0.2) is 53.1 Å². The van der Waals surface area contributed by atoms with Crippen LogP contribution < -0.4 is 4.74 Å². The van der Waals surface area contributed by atoms with Gasteiger partial charge in [0, 0.05) is 23.6 Å². The van der Waals surface area contributed by atoms with E-state index in [2.05, 4.69) is 0 Å². The summed E-state index contributed by atoms with van der Waals surface area (Å²) in [6.45, 7) is 1.43. The maximum Gasteiger partial charge on any atom is 0.416 e. The van der Waals surface area contributed by atoms with E-state index in [4.69, 9.17) is 13.9 Å². The van der Waals surface area contributed by atoms with Crippen molar-refractivity contribution in [1.29, 1.82) is 0 Å². The molecule has 0 radical (unpaired) electrons. The van der Waals surface area contributed by atoms with Crippen molar-refractivity contribution in [1.82, 2.24) is 4.90 Å². The Morgan fingerprint density at radius 3 is 2.44 bits per heavy atom. The molecule has 32 heavy (non-hydrogen) atoms. The van der Waals surface area contributed by atoms with Gasteiger partial charge in [0.05, 0.1) is 32.0 Å². The summed E-state index contributed by atoms with van der Waals surface area (Å²) < 4.78 is 54.0. The molecule has 3 aromatic rings. The Hall–Kier alpha value is -3.49. The third kappa shape index (κ3) is 5.60. The fourth-order valence-electron chi connectivity index (χ4n) is 3.22. The molecule has 6 nitrogen and oxygen atoms in total. The summed E-state index contributed by atoms with van der Waals surface area (Å²) in [5, 5.41) is 0.727. The molecule has 3 rings (SSSR count). The summed E-state index contributed by atoms with van der Waals surface area (Å²) in [5.41, 5.74) is 0.836. The van der Waals surface area contributed by atoms with Crippen LogP contribution in [0.2, 0.25) is 0 Å². The van der Waals surface area contributed by atoms with Crippen molar-refractivity contribution in [2.24, 2.45) is 0 Å². The molecule has 170 valence electrons. The molecule has 9 heteroatoms. The number of alkyl halides is 3. The van der Waals surface area contributed by atoms with Crippen LogP contribution in [0.1, 0.15) is 23.6 Å². The van der Waals surface area contributed by atoms with Crippen molar-refractivity contribution in [2.45, 2.75) is 26.1 Å². The number of rotatable bonds is 8. The smallest absolute Gasteiger partial charge is 0.416 e. The minimum atomic E-state index is -4.45. The van der Waals surface area contributed by atoms with Crippen molar-refractivity contribution < 1.29 is 36.7 Å². The van der Waals surface area contributed by atoms with E-state index in [0.717, 1.165) is 17.5 Å². The van der Waals surface area contributed by atoms with E-state index in [1.54, 1.807) is 25.1 Å². The molecule has 0 spiro atoms. The summed E-state index contributed by atoms with van der Waals surface area (Å²) in [4.78, 5) is 26.3.